The number of allylic oxidation sites excluding steroid dienone is 1. The molecule has 238 valence electrons. The van der Waals surface area contributed by atoms with Crippen molar-refractivity contribution in [3.63, 3.8) is 0 Å². The Morgan fingerprint density at radius 2 is 1.60 bits per heavy atom. The highest BCUT2D eigenvalue weighted by atomic mass is 127. The minimum Gasteiger partial charge on any atom is -0.490 e. The van der Waals surface area contributed by atoms with Gasteiger partial charge >= 0.3 is 17.9 Å². The molecule has 0 bridgehead atoms. The Bertz CT molecular complexity index is 1830. The lowest BCUT2D eigenvalue weighted by Gasteiger charge is -2.25. The Morgan fingerprint density at radius 1 is 0.933 bits per heavy atom. The molecule has 0 radical (unpaired) electrons. The molecule has 2 aromatic carbocycles. The van der Waals surface area contributed by atoms with Crippen molar-refractivity contribution in [2.24, 2.45) is 4.99 Å². The van der Waals surface area contributed by atoms with Crippen LogP contribution < -0.4 is 29.1 Å². The molecule has 12 nitrogen and oxygen atoms in total. The standard InChI is InChI=1S/C31H31IN2O10S/c1-6-41-23-14-19(9-11-22(23)44-16-26(36)40-5)28-27(30(38)42-7-2)17(3)33-31-34(28)29(37)24(45-31)13-18-8-10-21(20(32)12-18)43-15-25(35)39-4/h8-14,28H,6-7,15-16H2,1-5H3/b24-13-/t28-/m0/s1. The molecular formula is C31H31IN2O10S. The Kier molecular flexibility index (Phi) is 11.4. The molecular weight excluding hydrogens is 719 g/mol. The summed E-state index contributed by atoms with van der Waals surface area (Å²) in [5.41, 5.74) is 1.54. The van der Waals surface area contributed by atoms with Gasteiger partial charge in [0.1, 0.15) is 5.75 Å². The zero-order valence-electron chi connectivity index (χ0n) is 25.2. The van der Waals surface area contributed by atoms with E-state index in [1.807, 2.05) is 6.07 Å². The number of thiazole rings is 1. The summed E-state index contributed by atoms with van der Waals surface area (Å²) in [7, 11) is 2.55. The van der Waals surface area contributed by atoms with Crippen LogP contribution in [0.2, 0.25) is 0 Å². The quantitative estimate of drug-likeness (QED) is 0.154. The molecule has 0 N–H and O–H groups in total. The highest BCUT2D eigenvalue weighted by Crippen LogP contribution is 2.36. The van der Waals surface area contributed by atoms with Crippen molar-refractivity contribution in [3.8, 4) is 17.2 Å². The average molecular weight is 751 g/mol. The topological polar surface area (TPSA) is 141 Å². The van der Waals surface area contributed by atoms with Crippen LogP contribution in [0.3, 0.4) is 0 Å². The van der Waals surface area contributed by atoms with E-state index < -0.39 is 23.9 Å². The van der Waals surface area contributed by atoms with Crippen molar-refractivity contribution >= 4 is 57.9 Å². The van der Waals surface area contributed by atoms with Crippen LogP contribution in [0.4, 0.5) is 0 Å². The number of ether oxygens (including phenoxy) is 6. The lowest BCUT2D eigenvalue weighted by molar-refractivity contribution is -0.143. The van der Waals surface area contributed by atoms with E-state index in [9.17, 15) is 19.2 Å². The van der Waals surface area contributed by atoms with E-state index in [0.29, 0.717) is 44.4 Å². The maximum absolute atomic E-state index is 14.0. The van der Waals surface area contributed by atoms with E-state index in [1.165, 1.54) is 30.1 Å². The summed E-state index contributed by atoms with van der Waals surface area (Å²) in [5, 5.41) is 0. The predicted molar refractivity (Wildman–Crippen MR) is 172 cm³/mol. The molecule has 14 heteroatoms. The maximum atomic E-state index is 14.0. The summed E-state index contributed by atoms with van der Waals surface area (Å²) in [6.45, 7) is 5.08. The molecule has 1 aromatic heterocycles. The average Bonchev–Trinajstić information content (AvgIpc) is 3.32. The van der Waals surface area contributed by atoms with E-state index in [0.717, 1.165) is 9.13 Å². The summed E-state index contributed by atoms with van der Waals surface area (Å²) < 4.78 is 34.2. The van der Waals surface area contributed by atoms with E-state index in [2.05, 4.69) is 37.1 Å². The second-order valence-electron chi connectivity index (χ2n) is 9.36. The fourth-order valence-corrected chi connectivity index (χ4v) is 6.20. The van der Waals surface area contributed by atoms with Crippen LogP contribution in [-0.2, 0) is 28.6 Å². The normalized spacial score (nSPS) is 14.3. The van der Waals surface area contributed by atoms with E-state index >= 15 is 0 Å². The molecule has 0 saturated heterocycles. The molecule has 0 amide bonds. The first-order valence-electron chi connectivity index (χ1n) is 13.8. The van der Waals surface area contributed by atoms with Crippen LogP contribution in [0, 0.1) is 3.57 Å². The third-order valence-corrected chi connectivity index (χ3v) is 8.33. The minimum atomic E-state index is -0.884. The van der Waals surface area contributed by atoms with Crippen LogP contribution in [0.25, 0.3) is 6.08 Å². The zero-order chi connectivity index (χ0) is 32.7. The molecule has 3 aromatic rings. The fraction of sp³-hybridized carbons (Fsp3) is 0.323. The number of carbonyl (C=O) groups is 3. The number of hydrogen-bond acceptors (Lipinski definition) is 12. The number of esters is 3. The Balaban J connectivity index is 1.82. The molecule has 0 saturated carbocycles. The predicted octanol–water partition coefficient (Wildman–Crippen LogP) is 2.91. The van der Waals surface area contributed by atoms with E-state index in [-0.39, 0.29) is 31.0 Å². The highest BCUT2D eigenvalue weighted by molar-refractivity contribution is 14.1. The van der Waals surface area contributed by atoms with Gasteiger partial charge in [-0.25, -0.2) is 19.4 Å². The fourth-order valence-electron chi connectivity index (χ4n) is 4.46. The Labute approximate surface area is 276 Å². The number of rotatable bonds is 12. The van der Waals surface area contributed by atoms with Gasteiger partial charge in [0.25, 0.3) is 5.56 Å². The SMILES string of the molecule is CCOC(=O)C1=C(C)N=c2s/c(=C\c3ccc(OCC(=O)OC)c(I)c3)c(=O)n2[C@H]1c1ccc(OCC(=O)OC)c(OCC)c1. The van der Waals surface area contributed by atoms with Crippen LogP contribution in [0.1, 0.15) is 37.9 Å². The van der Waals surface area contributed by atoms with Crippen molar-refractivity contribution in [2.45, 2.75) is 26.8 Å². The first-order chi connectivity index (χ1) is 21.6. The summed E-state index contributed by atoms with van der Waals surface area (Å²) in [5.74, 6) is -0.541. The number of nitrogens with zero attached hydrogens (tertiary/aromatic N) is 2. The molecule has 0 aliphatic carbocycles. The smallest absolute Gasteiger partial charge is 0.343 e. The lowest BCUT2D eigenvalue weighted by atomic mass is 9.95. The van der Waals surface area contributed by atoms with Gasteiger partial charge in [-0.1, -0.05) is 23.5 Å². The molecule has 2 heterocycles. The number of fused-ring (bicyclic) bond motifs is 1. The minimum absolute atomic E-state index is 0.134. The third-order valence-electron chi connectivity index (χ3n) is 6.50. The second-order valence-corrected chi connectivity index (χ2v) is 11.5. The zero-order valence-corrected chi connectivity index (χ0v) is 28.2. The Hall–Kier alpha value is -4.18. The summed E-state index contributed by atoms with van der Waals surface area (Å²) in [6.07, 6.45) is 1.73. The number of benzene rings is 2. The van der Waals surface area contributed by atoms with Crippen LogP contribution in [0.15, 0.2) is 57.5 Å². The van der Waals surface area contributed by atoms with E-state index in [1.54, 1.807) is 57.2 Å². The molecule has 4 rings (SSSR count). The van der Waals surface area contributed by atoms with Gasteiger partial charge in [-0.05, 0) is 84.8 Å². The number of carbonyl (C=O) groups excluding carboxylic acids is 3. The number of hydrogen-bond donors (Lipinski definition) is 0. The van der Waals surface area contributed by atoms with Crippen LogP contribution in [0.5, 0.6) is 17.2 Å². The van der Waals surface area contributed by atoms with Crippen molar-refractivity contribution in [1.82, 2.24) is 4.57 Å². The molecule has 0 fully saturated rings. The van der Waals surface area contributed by atoms with Gasteiger partial charge in [0.2, 0.25) is 0 Å². The summed E-state index contributed by atoms with van der Waals surface area (Å²) in [6, 6.07) is 9.39. The van der Waals surface area contributed by atoms with Crippen molar-refractivity contribution < 1.29 is 42.8 Å². The van der Waals surface area contributed by atoms with Gasteiger partial charge < -0.3 is 28.4 Å². The molecule has 45 heavy (non-hydrogen) atoms. The molecule has 0 unspecified atom stereocenters. The van der Waals surface area contributed by atoms with Gasteiger partial charge in [0.05, 0.1) is 52.8 Å². The number of halogens is 1. The Morgan fingerprint density at radius 3 is 2.22 bits per heavy atom. The number of aromatic nitrogens is 1. The van der Waals surface area contributed by atoms with Gasteiger partial charge in [0, 0.05) is 0 Å². The highest BCUT2D eigenvalue weighted by Gasteiger charge is 2.34. The second kappa shape index (κ2) is 15.2. The molecule has 1 atom stereocenters. The summed E-state index contributed by atoms with van der Waals surface area (Å²) in [4.78, 5) is 55.4. The van der Waals surface area contributed by atoms with Crippen LogP contribution >= 0.6 is 33.9 Å². The lowest BCUT2D eigenvalue weighted by Crippen LogP contribution is -2.40. The summed E-state index contributed by atoms with van der Waals surface area (Å²) >= 11 is 3.27. The first-order valence-corrected chi connectivity index (χ1v) is 15.7. The molecule has 1 aliphatic rings. The van der Waals surface area contributed by atoms with Crippen molar-refractivity contribution in [1.29, 1.82) is 0 Å². The van der Waals surface area contributed by atoms with E-state index in [4.69, 9.17) is 18.9 Å². The number of methoxy groups -OCH3 is 2. The molecule has 1 aliphatic heterocycles. The largest absolute Gasteiger partial charge is 0.490 e. The monoisotopic (exact) mass is 750 g/mol. The van der Waals surface area contributed by atoms with Crippen LogP contribution in [-0.4, -0.2) is 63.1 Å². The van der Waals surface area contributed by atoms with Gasteiger partial charge in [0.15, 0.2) is 29.5 Å². The molecule has 0 spiro atoms. The van der Waals surface area contributed by atoms with Crippen molar-refractivity contribution in [3.05, 3.63) is 82.1 Å². The van der Waals surface area contributed by atoms with Gasteiger partial charge in [-0.2, -0.15) is 0 Å². The maximum Gasteiger partial charge on any atom is 0.343 e. The third kappa shape index (κ3) is 7.73. The van der Waals surface area contributed by atoms with Gasteiger partial charge in [-0.3, -0.25) is 9.36 Å². The van der Waals surface area contributed by atoms with Gasteiger partial charge in [-0.15, -0.1) is 0 Å². The van der Waals surface area contributed by atoms with Crippen molar-refractivity contribution in [2.75, 3.05) is 40.6 Å². The first kappa shape index (κ1) is 33.7.